The lowest BCUT2D eigenvalue weighted by Gasteiger charge is -2.41. The number of amides is 2. The summed E-state index contributed by atoms with van der Waals surface area (Å²) in [6, 6.07) is 31.7. The van der Waals surface area contributed by atoms with Gasteiger partial charge in [0.2, 0.25) is 11.8 Å². The number of hydrogen-bond donors (Lipinski definition) is 4. The Morgan fingerprint density at radius 2 is 1.48 bits per heavy atom. The zero-order valence-corrected chi connectivity index (χ0v) is 32.0. The molecule has 3 atom stereocenters. The number of carbonyl (C=O) groups is 2. The molecule has 5 N–H and O–H groups in total. The van der Waals surface area contributed by atoms with Crippen LogP contribution < -0.4 is 16.4 Å². The van der Waals surface area contributed by atoms with Gasteiger partial charge in [-0.15, -0.1) is 0 Å². The fraction of sp³-hybridized carbons (Fsp3) is 0.422. The van der Waals surface area contributed by atoms with Crippen LogP contribution in [0.4, 0.5) is 11.4 Å². The second-order valence-corrected chi connectivity index (χ2v) is 15.1. The molecule has 0 bridgehead atoms. The summed E-state index contributed by atoms with van der Waals surface area (Å²) in [5.41, 5.74) is 13.0. The first-order valence-corrected chi connectivity index (χ1v) is 20.0. The van der Waals surface area contributed by atoms with Crippen LogP contribution in [0, 0.1) is 0 Å². The van der Waals surface area contributed by atoms with Crippen LogP contribution in [0.3, 0.4) is 0 Å². The summed E-state index contributed by atoms with van der Waals surface area (Å²) in [6.07, 6.45) is 4.63. The average Bonchev–Trinajstić information content (AvgIpc) is 3.69. The Balaban J connectivity index is 0.930. The number of likely N-dealkylation sites (tertiary alicyclic amines) is 1. The van der Waals surface area contributed by atoms with Crippen molar-refractivity contribution in [1.29, 1.82) is 0 Å². The molecule has 11 nitrogen and oxygen atoms in total. The van der Waals surface area contributed by atoms with Crippen molar-refractivity contribution in [3.63, 3.8) is 0 Å². The van der Waals surface area contributed by atoms with E-state index in [9.17, 15) is 14.7 Å². The van der Waals surface area contributed by atoms with Gasteiger partial charge < -0.3 is 45.3 Å². The molecule has 3 heterocycles. The van der Waals surface area contributed by atoms with Gasteiger partial charge in [0.15, 0.2) is 12.1 Å². The third-order valence-corrected chi connectivity index (χ3v) is 11.0. The number of para-hydroxylation sites is 2. The molecular formula is C45H54N4O7. The van der Waals surface area contributed by atoms with E-state index in [1.54, 1.807) is 12.1 Å². The van der Waals surface area contributed by atoms with Gasteiger partial charge in [-0.1, -0.05) is 79.2 Å². The summed E-state index contributed by atoms with van der Waals surface area (Å²) >= 11 is 0. The lowest BCUT2D eigenvalue weighted by atomic mass is 9.97. The zero-order chi connectivity index (χ0) is 38.7. The van der Waals surface area contributed by atoms with Gasteiger partial charge in [-0.2, -0.15) is 0 Å². The molecule has 3 saturated heterocycles. The molecule has 3 aliphatic rings. The Bertz CT molecular complexity index is 1900. The van der Waals surface area contributed by atoms with Gasteiger partial charge >= 0.3 is 0 Å². The third-order valence-electron chi connectivity index (χ3n) is 11.0. The summed E-state index contributed by atoms with van der Waals surface area (Å²) in [4.78, 5) is 27.4. The van der Waals surface area contributed by atoms with E-state index >= 15 is 0 Å². The number of ether oxygens (including phenoxy) is 4. The highest BCUT2D eigenvalue weighted by Crippen LogP contribution is 2.40. The topological polar surface area (TPSA) is 145 Å². The fourth-order valence-corrected chi connectivity index (χ4v) is 7.77. The summed E-state index contributed by atoms with van der Waals surface area (Å²) in [5.74, 6) is -0.505. The maximum Gasteiger partial charge on any atom is 0.224 e. The number of aliphatic hydroxyl groups is 1. The predicted molar refractivity (Wildman–Crippen MR) is 215 cm³/mol. The van der Waals surface area contributed by atoms with Crippen molar-refractivity contribution in [2.75, 3.05) is 43.9 Å². The molecule has 2 amide bonds. The zero-order valence-electron chi connectivity index (χ0n) is 32.0. The molecule has 4 aromatic carbocycles. The number of unbranched alkanes of at least 4 members (excludes halogenated alkanes) is 2. The molecule has 0 unspecified atom stereocenters. The fourth-order valence-electron chi connectivity index (χ4n) is 7.77. The van der Waals surface area contributed by atoms with E-state index in [1.165, 1.54) is 0 Å². The predicted octanol–water partition coefficient (Wildman–Crippen LogP) is 7.02. The first-order chi connectivity index (χ1) is 27.3. The molecule has 0 aliphatic carbocycles. The quantitative estimate of drug-likeness (QED) is 0.0742. The highest BCUT2D eigenvalue weighted by Gasteiger charge is 2.41. The molecule has 4 aromatic rings. The number of piperidine rings is 1. The van der Waals surface area contributed by atoms with E-state index in [1.807, 2.05) is 54.6 Å². The minimum absolute atomic E-state index is 0.0000304. The van der Waals surface area contributed by atoms with Crippen LogP contribution in [0.15, 0.2) is 97.1 Å². The van der Waals surface area contributed by atoms with Gasteiger partial charge in [-0.3, -0.25) is 9.59 Å². The molecule has 3 fully saturated rings. The summed E-state index contributed by atoms with van der Waals surface area (Å²) < 4.78 is 25.3. The van der Waals surface area contributed by atoms with Crippen LogP contribution in [-0.4, -0.2) is 66.6 Å². The summed E-state index contributed by atoms with van der Waals surface area (Å²) in [7, 11) is 0. The first kappa shape index (κ1) is 39.6. The number of benzene rings is 4. The van der Waals surface area contributed by atoms with Gasteiger partial charge in [0.25, 0.3) is 0 Å². The smallest absolute Gasteiger partial charge is 0.224 e. The van der Waals surface area contributed by atoms with Crippen molar-refractivity contribution in [1.82, 2.24) is 10.2 Å². The molecule has 0 aromatic heterocycles. The first-order valence-electron chi connectivity index (χ1n) is 20.0. The number of carbonyl (C=O) groups excluding carboxylic acids is 2. The van der Waals surface area contributed by atoms with Gasteiger partial charge in [-0.05, 0) is 64.9 Å². The second kappa shape index (κ2) is 19.0. The minimum atomic E-state index is -0.562. The van der Waals surface area contributed by atoms with Crippen LogP contribution in [-0.2, 0) is 41.7 Å². The van der Waals surface area contributed by atoms with Gasteiger partial charge in [0.1, 0.15) is 0 Å². The molecule has 3 aliphatic heterocycles. The molecule has 56 heavy (non-hydrogen) atoms. The largest absolute Gasteiger partial charge is 0.397 e. The molecule has 0 saturated carbocycles. The van der Waals surface area contributed by atoms with Crippen molar-refractivity contribution >= 4 is 23.2 Å². The molecule has 296 valence electrons. The van der Waals surface area contributed by atoms with Gasteiger partial charge in [0.05, 0.1) is 43.4 Å². The number of nitrogen functional groups attached to an aromatic ring is 1. The Labute approximate surface area is 329 Å². The molecular weight excluding hydrogens is 709 g/mol. The number of hydrogen-bond acceptors (Lipinski definition) is 9. The number of nitrogens with two attached hydrogens (primary N) is 1. The SMILES string of the molecule is Nc1ccccc1NC(=O)CCCCCC(=O)NCc1cccc(-c2cccc([C@@H]3O[C@H](CN4CCC5(CC4)OCCO5)C[C@H](c4ccc(CO)cc4)O3)c2)c1. The van der Waals surface area contributed by atoms with Crippen molar-refractivity contribution in [3.05, 3.63) is 119 Å². The van der Waals surface area contributed by atoms with Crippen LogP contribution in [0.25, 0.3) is 11.1 Å². The number of nitrogens with zero attached hydrogens (tertiary/aromatic N) is 1. The van der Waals surface area contributed by atoms with Crippen molar-refractivity contribution < 1.29 is 33.6 Å². The number of anilines is 2. The van der Waals surface area contributed by atoms with E-state index < -0.39 is 12.1 Å². The molecule has 0 radical (unpaired) electrons. The van der Waals surface area contributed by atoms with E-state index in [0.717, 1.165) is 78.7 Å². The molecule has 1 spiro atoms. The standard InChI is InChI=1S/C45H54N4O7/c46-39-12-4-5-13-40(39)48-43(52)15-3-1-2-14-42(51)47-29-33-8-6-9-35(26-33)36-10-7-11-37(27-36)44-55-38(28-41(56-44)34-18-16-32(31-50)17-19-34)30-49-22-20-45(21-23-49)53-24-25-54-45/h4-13,16-19,26-27,38,41,44,50H,1-3,14-15,20-25,28-31,46H2,(H,47,51)(H,48,52)/t38-,41+,44+/m0/s1. The Morgan fingerprint density at radius 3 is 2.23 bits per heavy atom. The number of nitrogens with one attached hydrogen (secondary N) is 2. The van der Waals surface area contributed by atoms with Crippen LogP contribution in [0.1, 0.15) is 86.0 Å². The lowest BCUT2D eigenvalue weighted by Crippen LogP contribution is -2.48. The Kier molecular flexibility index (Phi) is 13.4. The highest BCUT2D eigenvalue weighted by atomic mass is 16.7. The van der Waals surface area contributed by atoms with E-state index in [-0.39, 0.29) is 30.6 Å². The Morgan fingerprint density at radius 1 is 0.768 bits per heavy atom. The van der Waals surface area contributed by atoms with Crippen LogP contribution >= 0.6 is 0 Å². The summed E-state index contributed by atoms with van der Waals surface area (Å²) in [6.45, 7) is 4.32. The Hall–Kier alpha value is -4.62. The van der Waals surface area contributed by atoms with Gasteiger partial charge in [0, 0.05) is 63.8 Å². The third kappa shape index (κ3) is 10.6. The lowest BCUT2D eigenvalue weighted by molar-refractivity contribution is -0.255. The number of aliphatic hydroxyl groups excluding tert-OH is 1. The van der Waals surface area contributed by atoms with Gasteiger partial charge in [-0.25, -0.2) is 0 Å². The van der Waals surface area contributed by atoms with Crippen LogP contribution in [0.2, 0.25) is 0 Å². The number of rotatable bonds is 15. The molecule has 11 heteroatoms. The van der Waals surface area contributed by atoms with Crippen LogP contribution in [0.5, 0.6) is 0 Å². The summed E-state index contributed by atoms with van der Waals surface area (Å²) in [5, 5.41) is 15.5. The maximum absolute atomic E-state index is 12.7. The van der Waals surface area contributed by atoms with E-state index in [4.69, 9.17) is 24.7 Å². The van der Waals surface area contributed by atoms with Crippen molar-refractivity contribution in [2.45, 2.75) is 88.8 Å². The van der Waals surface area contributed by atoms with Crippen molar-refractivity contribution in [2.24, 2.45) is 0 Å². The van der Waals surface area contributed by atoms with E-state index in [2.05, 4.69) is 45.9 Å². The van der Waals surface area contributed by atoms with Crippen molar-refractivity contribution in [3.8, 4) is 11.1 Å². The average molecular weight is 763 g/mol. The second-order valence-electron chi connectivity index (χ2n) is 15.1. The highest BCUT2D eigenvalue weighted by molar-refractivity contribution is 5.93. The van der Waals surface area contributed by atoms with E-state index in [0.29, 0.717) is 56.8 Å². The maximum atomic E-state index is 12.7. The monoisotopic (exact) mass is 762 g/mol. The normalized spacial score (nSPS) is 20.8. The minimum Gasteiger partial charge on any atom is -0.397 e. The molecule has 7 rings (SSSR count).